The van der Waals surface area contributed by atoms with Crippen LogP contribution in [0.4, 0.5) is 0 Å². The summed E-state index contributed by atoms with van der Waals surface area (Å²) in [5, 5.41) is 1.16. The van der Waals surface area contributed by atoms with E-state index in [1.54, 1.807) is 0 Å². The Kier molecular flexibility index (Phi) is 2.92. The van der Waals surface area contributed by atoms with Gasteiger partial charge in [0.05, 0.1) is 5.52 Å². The summed E-state index contributed by atoms with van der Waals surface area (Å²) >= 11 is 0. The Morgan fingerprint density at radius 2 is 1.88 bits per heavy atom. The summed E-state index contributed by atoms with van der Waals surface area (Å²) in [5.74, 6) is 0.401. The molecule has 2 aromatic rings. The van der Waals surface area contributed by atoms with Crippen LogP contribution in [0.2, 0.25) is 0 Å². The van der Waals surface area contributed by atoms with E-state index >= 15 is 0 Å². The molecule has 0 aliphatic heterocycles. The van der Waals surface area contributed by atoms with Gasteiger partial charge < -0.3 is 5.73 Å². The minimum absolute atomic E-state index is 0.293. The van der Waals surface area contributed by atoms with Gasteiger partial charge in [0.2, 0.25) is 0 Å². The van der Waals surface area contributed by atoms with Crippen molar-refractivity contribution < 1.29 is 0 Å². The van der Waals surface area contributed by atoms with Gasteiger partial charge in [-0.15, -0.1) is 0 Å². The first-order valence-electron chi connectivity index (χ1n) is 6.08. The van der Waals surface area contributed by atoms with Crippen LogP contribution in [0.5, 0.6) is 0 Å². The lowest BCUT2D eigenvalue weighted by Crippen LogP contribution is -2.38. The maximum atomic E-state index is 6.38. The highest BCUT2D eigenvalue weighted by atomic mass is 14.7. The highest BCUT2D eigenvalue weighted by Gasteiger charge is 2.25. The molecule has 0 saturated heterocycles. The monoisotopic (exact) mass is 228 g/mol. The molecule has 0 fully saturated rings. The number of nitrogens with zero attached hydrogens (tertiary/aromatic N) is 1. The first-order valence-corrected chi connectivity index (χ1v) is 6.08. The molecule has 90 valence electrons. The van der Waals surface area contributed by atoms with E-state index in [2.05, 4.69) is 50.0 Å². The maximum absolute atomic E-state index is 6.38. The van der Waals surface area contributed by atoms with E-state index < -0.39 is 0 Å². The third-order valence-corrected chi connectivity index (χ3v) is 3.65. The van der Waals surface area contributed by atoms with Gasteiger partial charge in [-0.3, -0.25) is 4.98 Å². The van der Waals surface area contributed by atoms with Crippen LogP contribution >= 0.6 is 0 Å². The van der Waals surface area contributed by atoms with Gasteiger partial charge in [0.1, 0.15) is 0 Å². The molecule has 2 heteroatoms. The van der Waals surface area contributed by atoms with Crippen molar-refractivity contribution in [2.24, 2.45) is 11.7 Å². The van der Waals surface area contributed by atoms with Crippen molar-refractivity contribution in [2.45, 2.75) is 33.2 Å². The number of aryl methyl sites for hydroxylation is 1. The zero-order chi connectivity index (χ0) is 12.6. The Bertz CT molecular complexity index is 542. The Labute approximate surface area is 103 Å². The first kappa shape index (κ1) is 12.1. The van der Waals surface area contributed by atoms with Crippen LogP contribution < -0.4 is 5.73 Å². The predicted octanol–water partition coefficient (Wildman–Crippen LogP) is 3.37. The van der Waals surface area contributed by atoms with Gasteiger partial charge in [-0.05, 0) is 43.5 Å². The van der Waals surface area contributed by atoms with E-state index in [-0.39, 0.29) is 5.54 Å². The van der Waals surface area contributed by atoms with E-state index in [1.165, 1.54) is 5.56 Å². The number of benzene rings is 1. The lowest BCUT2D eigenvalue weighted by atomic mass is 9.82. The maximum Gasteiger partial charge on any atom is 0.0705 e. The van der Waals surface area contributed by atoms with E-state index in [4.69, 9.17) is 5.73 Å². The second-order valence-corrected chi connectivity index (χ2v) is 5.30. The van der Waals surface area contributed by atoms with Gasteiger partial charge in [-0.25, -0.2) is 0 Å². The summed E-state index contributed by atoms with van der Waals surface area (Å²) in [7, 11) is 0. The molecule has 0 amide bonds. The van der Waals surface area contributed by atoms with E-state index in [1.807, 2.05) is 13.0 Å². The van der Waals surface area contributed by atoms with Crippen LogP contribution in [0.1, 0.15) is 32.0 Å². The molecule has 2 N–H and O–H groups in total. The largest absolute Gasteiger partial charge is 0.321 e. The summed E-state index contributed by atoms with van der Waals surface area (Å²) in [4.78, 5) is 4.50. The van der Waals surface area contributed by atoms with Gasteiger partial charge in [0.25, 0.3) is 0 Å². The van der Waals surface area contributed by atoms with Crippen molar-refractivity contribution in [3.8, 4) is 0 Å². The molecular formula is C15H20N2. The van der Waals surface area contributed by atoms with Gasteiger partial charge in [0, 0.05) is 16.6 Å². The van der Waals surface area contributed by atoms with E-state index in [0.29, 0.717) is 5.92 Å². The molecule has 2 nitrogen and oxygen atoms in total. The summed E-state index contributed by atoms with van der Waals surface area (Å²) < 4.78 is 0. The van der Waals surface area contributed by atoms with E-state index in [9.17, 15) is 0 Å². The summed E-state index contributed by atoms with van der Waals surface area (Å²) in [6, 6.07) is 10.5. The number of rotatable bonds is 2. The first-order chi connectivity index (χ1) is 7.91. The average Bonchev–Trinajstić information content (AvgIpc) is 2.28. The normalized spacial score (nSPS) is 15.2. The van der Waals surface area contributed by atoms with Crippen molar-refractivity contribution in [1.82, 2.24) is 4.98 Å². The van der Waals surface area contributed by atoms with Crippen molar-refractivity contribution in [3.63, 3.8) is 0 Å². The molecule has 0 spiro atoms. The van der Waals surface area contributed by atoms with Crippen LogP contribution in [0.15, 0.2) is 30.3 Å². The fourth-order valence-corrected chi connectivity index (χ4v) is 1.90. The zero-order valence-corrected chi connectivity index (χ0v) is 11.0. The highest BCUT2D eigenvalue weighted by Crippen LogP contribution is 2.28. The van der Waals surface area contributed by atoms with Crippen LogP contribution in [0.3, 0.4) is 0 Å². The molecule has 0 bridgehead atoms. The summed E-state index contributed by atoms with van der Waals surface area (Å²) in [6.45, 7) is 8.39. The molecule has 1 aromatic carbocycles. The topological polar surface area (TPSA) is 38.9 Å². The molecule has 1 atom stereocenters. The third-order valence-electron chi connectivity index (χ3n) is 3.65. The molecule has 1 heterocycles. The molecule has 2 rings (SSSR count). The number of aromatic nitrogens is 1. The molecule has 0 saturated carbocycles. The lowest BCUT2D eigenvalue weighted by molar-refractivity contribution is 0.351. The summed E-state index contributed by atoms with van der Waals surface area (Å²) in [5.41, 5.74) is 9.34. The van der Waals surface area contributed by atoms with Gasteiger partial charge in [-0.1, -0.05) is 26.0 Å². The Morgan fingerprint density at radius 1 is 1.18 bits per heavy atom. The Balaban J connectivity index is 2.56. The average molecular weight is 228 g/mol. The number of hydrogen-bond donors (Lipinski definition) is 1. The SMILES string of the molecule is Cc1ccc2cc(C(C)(N)C(C)C)ccc2n1. The second kappa shape index (κ2) is 4.11. The van der Waals surface area contributed by atoms with Crippen molar-refractivity contribution in [1.29, 1.82) is 0 Å². The van der Waals surface area contributed by atoms with Gasteiger partial charge >= 0.3 is 0 Å². The highest BCUT2D eigenvalue weighted by molar-refractivity contribution is 5.79. The summed E-state index contributed by atoms with van der Waals surface area (Å²) in [6.07, 6.45) is 0. The van der Waals surface area contributed by atoms with E-state index in [0.717, 1.165) is 16.6 Å². The number of fused-ring (bicyclic) bond motifs is 1. The number of hydrogen-bond acceptors (Lipinski definition) is 2. The molecular weight excluding hydrogens is 208 g/mol. The van der Waals surface area contributed by atoms with Crippen LogP contribution in [-0.2, 0) is 5.54 Å². The molecule has 1 aromatic heterocycles. The smallest absolute Gasteiger partial charge is 0.0705 e. The fraction of sp³-hybridized carbons (Fsp3) is 0.400. The standard InChI is InChI=1S/C15H20N2/c1-10(2)15(4,16)13-7-8-14-12(9-13)6-5-11(3)17-14/h5-10H,16H2,1-4H3. The molecule has 17 heavy (non-hydrogen) atoms. The van der Waals surface area contributed by atoms with Crippen LogP contribution in [0, 0.1) is 12.8 Å². The Morgan fingerprint density at radius 3 is 2.53 bits per heavy atom. The molecule has 1 unspecified atom stereocenters. The fourth-order valence-electron chi connectivity index (χ4n) is 1.90. The van der Waals surface area contributed by atoms with Crippen molar-refractivity contribution >= 4 is 10.9 Å². The minimum Gasteiger partial charge on any atom is -0.321 e. The van der Waals surface area contributed by atoms with Crippen molar-refractivity contribution in [2.75, 3.05) is 0 Å². The quantitative estimate of drug-likeness (QED) is 0.856. The zero-order valence-electron chi connectivity index (χ0n) is 11.0. The number of nitrogens with two attached hydrogens (primary N) is 1. The number of pyridine rings is 1. The predicted molar refractivity (Wildman–Crippen MR) is 72.9 cm³/mol. The lowest BCUT2D eigenvalue weighted by Gasteiger charge is -2.30. The molecule has 0 radical (unpaired) electrons. The molecule has 0 aliphatic rings. The second-order valence-electron chi connectivity index (χ2n) is 5.30. The third kappa shape index (κ3) is 2.18. The van der Waals surface area contributed by atoms with Crippen molar-refractivity contribution in [3.05, 3.63) is 41.6 Å². The van der Waals surface area contributed by atoms with Gasteiger partial charge in [-0.2, -0.15) is 0 Å². The minimum atomic E-state index is -0.293. The van der Waals surface area contributed by atoms with Crippen LogP contribution in [-0.4, -0.2) is 4.98 Å². The van der Waals surface area contributed by atoms with Gasteiger partial charge in [0.15, 0.2) is 0 Å². The Hall–Kier alpha value is -1.41. The molecule has 0 aliphatic carbocycles. The van der Waals surface area contributed by atoms with Crippen LogP contribution in [0.25, 0.3) is 10.9 Å².